The number of esters is 1. The summed E-state index contributed by atoms with van der Waals surface area (Å²) in [6.45, 7) is 23.2. The molecule has 4 saturated heterocycles. The van der Waals surface area contributed by atoms with Crippen molar-refractivity contribution in [2.24, 2.45) is 29.6 Å². The molecule has 2 N–H and O–H groups in total. The van der Waals surface area contributed by atoms with Crippen molar-refractivity contribution in [3.63, 3.8) is 0 Å². The molecule has 15 nitrogen and oxygen atoms in total. The van der Waals surface area contributed by atoms with Crippen molar-refractivity contribution in [3.8, 4) is 22.5 Å². The number of Topliss-reactive ketones (excluding diaryl/α,β-unsaturated/α-hetero) is 1. The first-order valence-corrected chi connectivity index (χ1v) is 24.6. The number of cyclic esters (lactones) is 1. The third-order valence-electron chi connectivity index (χ3n) is 14.9. The molecule has 16 heteroatoms. The van der Waals surface area contributed by atoms with Crippen molar-refractivity contribution in [2.45, 2.75) is 173 Å². The third kappa shape index (κ3) is 11.4. The summed E-state index contributed by atoms with van der Waals surface area (Å²) in [6.07, 6.45) is -3.19. The van der Waals surface area contributed by atoms with Gasteiger partial charge in [-0.25, -0.2) is 9.97 Å². The number of ether oxygens (including phenoxy) is 8. The van der Waals surface area contributed by atoms with Gasteiger partial charge >= 0.3 is 5.97 Å². The summed E-state index contributed by atoms with van der Waals surface area (Å²) in [6, 6.07) is 5.30. The number of fused-ring (bicyclic) bond motifs is 1. The number of hydrogen-bond donors (Lipinski definition) is 2. The van der Waals surface area contributed by atoms with E-state index in [0.717, 1.165) is 15.3 Å². The minimum Gasteiger partial charge on any atom is -0.459 e. The first kappa shape index (κ1) is 53.2. The molecule has 18 atom stereocenters. The summed E-state index contributed by atoms with van der Waals surface area (Å²) >= 11 is 1.46. The van der Waals surface area contributed by atoms with E-state index in [4.69, 9.17) is 37.9 Å². The normalized spacial score (nSPS) is 41.3. The van der Waals surface area contributed by atoms with Gasteiger partial charge in [-0.05, 0) is 98.7 Å². The van der Waals surface area contributed by atoms with Gasteiger partial charge in [0.2, 0.25) is 0 Å². The quantitative estimate of drug-likeness (QED) is 0.156. The van der Waals surface area contributed by atoms with Gasteiger partial charge in [-0.15, -0.1) is 11.3 Å². The van der Waals surface area contributed by atoms with Crippen LogP contribution in [-0.4, -0.2) is 149 Å². The van der Waals surface area contributed by atoms with E-state index < -0.39 is 102 Å². The number of methoxy groups -OCH3 is 1. The monoisotopic (exact) mass is 954 g/mol. The van der Waals surface area contributed by atoms with E-state index in [1.54, 1.807) is 39.2 Å². The van der Waals surface area contributed by atoms with Crippen LogP contribution in [0, 0.1) is 41.4 Å². The average molecular weight is 954 g/mol. The van der Waals surface area contributed by atoms with Gasteiger partial charge < -0.3 is 53.0 Å². The summed E-state index contributed by atoms with van der Waals surface area (Å²) in [7, 11) is 5.34. The molecular formula is C51H75N3O12S. The van der Waals surface area contributed by atoms with Crippen molar-refractivity contribution in [2.75, 3.05) is 34.4 Å². The fourth-order valence-electron chi connectivity index (χ4n) is 11.1. The molecule has 2 aromatic rings. The highest BCUT2D eigenvalue weighted by Crippen LogP contribution is 2.47. The van der Waals surface area contributed by atoms with Crippen LogP contribution < -0.4 is 0 Å². The predicted octanol–water partition coefficient (Wildman–Crippen LogP) is 6.23. The van der Waals surface area contributed by atoms with Gasteiger partial charge in [0, 0.05) is 55.6 Å². The van der Waals surface area contributed by atoms with Crippen molar-refractivity contribution < 1.29 is 57.7 Å². The summed E-state index contributed by atoms with van der Waals surface area (Å²) in [5.41, 5.74) is -2.68. The lowest BCUT2D eigenvalue weighted by Gasteiger charge is -2.50. The number of aliphatic hydroxyl groups is 2. The summed E-state index contributed by atoms with van der Waals surface area (Å²) < 4.78 is 52.7. The molecule has 4 fully saturated rings. The molecule has 6 rings (SSSR count). The van der Waals surface area contributed by atoms with Crippen LogP contribution >= 0.6 is 11.3 Å². The van der Waals surface area contributed by atoms with Crippen molar-refractivity contribution >= 4 is 23.1 Å². The summed E-state index contributed by atoms with van der Waals surface area (Å²) in [5.74, 6) is 3.13. The van der Waals surface area contributed by atoms with E-state index in [1.165, 1.54) is 18.4 Å². The zero-order valence-corrected chi connectivity index (χ0v) is 42.5. The van der Waals surface area contributed by atoms with E-state index >= 15 is 0 Å². The molecule has 2 unspecified atom stereocenters. The zero-order valence-electron chi connectivity index (χ0n) is 41.7. The minimum absolute atomic E-state index is 0.0407. The third-order valence-corrected chi connectivity index (χ3v) is 15.9. The smallest absolute Gasteiger partial charge is 0.311 e. The van der Waals surface area contributed by atoms with Crippen LogP contribution in [0.3, 0.4) is 0 Å². The van der Waals surface area contributed by atoms with E-state index in [2.05, 4.69) is 28.4 Å². The fraction of sp³-hybridized carbons (Fsp3) is 0.725. The maximum Gasteiger partial charge on any atom is 0.311 e. The lowest BCUT2D eigenvalue weighted by atomic mass is 9.69. The second-order valence-electron chi connectivity index (χ2n) is 20.2. The van der Waals surface area contributed by atoms with Crippen molar-refractivity contribution in [1.82, 2.24) is 14.9 Å². The fourth-order valence-corrected chi connectivity index (χ4v) is 11.9. The van der Waals surface area contributed by atoms with Crippen LogP contribution in [0.4, 0.5) is 0 Å². The molecule has 0 aromatic carbocycles. The Bertz CT molecular complexity index is 2080. The highest BCUT2D eigenvalue weighted by molar-refractivity contribution is 7.15. The van der Waals surface area contributed by atoms with Crippen LogP contribution in [0.1, 0.15) is 99.8 Å². The second-order valence-corrected chi connectivity index (χ2v) is 21.3. The second kappa shape index (κ2) is 21.9. The molecule has 372 valence electrons. The Balaban J connectivity index is 1.48. The molecule has 6 heterocycles. The van der Waals surface area contributed by atoms with E-state index in [0.29, 0.717) is 18.7 Å². The van der Waals surface area contributed by atoms with Gasteiger partial charge in [0.15, 0.2) is 18.4 Å². The van der Waals surface area contributed by atoms with Crippen LogP contribution in [-0.2, 0) is 47.5 Å². The highest BCUT2D eigenvalue weighted by Gasteiger charge is 2.57. The number of aliphatic hydroxyl groups excluding tert-OH is 2. The van der Waals surface area contributed by atoms with E-state index in [1.807, 2.05) is 79.6 Å². The Labute approximate surface area is 401 Å². The van der Waals surface area contributed by atoms with Crippen LogP contribution in [0.25, 0.3) is 10.7 Å². The number of nitrogens with zero attached hydrogens (tertiary/aromatic N) is 3. The van der Waals surface area contributed by atoms with Gasteiger partial charge in [0.05, 0.1) is 57.9 Å². The number of carbonyl (C=O) groups excluding carboxylic acids is 2. The van der Waals surface area contributed by atoms with Gasteiger partial charge in [-0.3, -0.25) is 9.59 Å². The highest BCUT2D eigenvalue weighted by atomic mass is 32.1. The molecule has 0 radical (unpaired) electrons. The van der Waals surface area contributed by atoms with Gasteiger partial charge in [-0.2, -0.15) is 0 Å². The van der Waals surface area contributed by atoms with Crippen LogP contribution in [0.2, 0.25) is 0 Å². The molecule has 4 aliphatic rings. The first-order chi connectivity index (χ1) is 31.6. The number of carbonyl (C=O) groups is 2. The standard InChI is InChI=1S/C51H75N3O12S/c1-15-38-51(11)40(29(3)27-61-51)31(5)41(55)28(2)25-50(10,60-23-16-18-35-19-20-37(67-35)46-52-21-17-22-53-46)45(66-48-42(56)36(54(12)13)24-30(4)62-48)32(6)43(33(7)47(58)64-38)65-39-26-49(9,59-14)44(57)34(8)63-39/h17,19-22,28,30-34,36,38-40,42-45,48,56-57H,3,15,23-27H2,1-2,4-14H3/t28-,30-,31?,32+,33-,34+,36+,38-,39?,40+,42-,43+,44+,45-,48+,49-,50-,51-/m1/s1. The van der Waals surface area contributed by atoms with E-state index in [-0.39, 0.29) is 44.0 Å². The van der Waals surface area contributed by atoms with E-state index in [9.17, 15) is 19.8 Å². The van der Waals surface area contributed by atoms with Gasteiger partial charge in [0.1, 0.15) is 36.3 Å². The molecular weight excluding hydrogens is 879 g/mol. The van der Waals surface area contributed by atoms with Crippen LogP contribution in [0.5, 0.6) is 0 Å². The molecule has 0 spiro atoms. The summed E-state index contributed by atoms with van der Waals surface area (Å²) in [4.78, 5) is 42.2. The maximum absolute atomic E-state index is 15.0. The zero-order chi connectivity index (χ0) is 49.2. The number of hydrogen-bond acceptors (Lipinski definition) is 16. The maximum atomic E-state index is 15.0. The largest absolute Gasteiger partial charge is 0.459 e. The molecule has 0 bridgehead atoms. The van der Waals surface area contributed by atoms with Crippen molar-refractivity contribution in [1.29, 1.82) is 0 Å². The van der Waals surface area contributed by atoms with Crippen LogP contribution in [0.15, 0.2) is 42.7 Å². The number of rotatable bonds is 10. The van der Waals surface area contributed by atoms with Gasteiger partial charge in [-0.1, -0.05) is 46.1 Å². The topological polar surface area (TPSA) is 177 Å². The Morgan fingerprint density at radius 3 is 2.33 bits per heavy atom. The molecule has 0 amide bonds. The summed E-state index contributed by atoms with van der Waals surface area (Å²) in [5, 5.41) is 23.2. The Kier molecular flexibility index (Phi) is 17.3. The predicted molar refractivity (Wildman–Crippen MR) is 253 cm³/mol. The number of aromatic nitrogens is 2. The Morgan fingerprint density at radius 1 is 0.970 bits per heavy atom. The molecule has 67 heavy (non-hydrogen) atoms. The van der Waals surface area contributed by atoms with Crippen molar-refractivity contribution in [3.05, 3.63) is 47.6 Å². The molecule has 4 aliphatic heterocycles. The average Bonchev–Trinajstić information content (AvgIpc) is 3.90. The van der Waals surface area contributed by atoms with Gasteiger partial charge in [0.25, 0.3) is 0 Å². The molecule has 2 aromatic heterocycles. The number of likely N-dealkylation sites (N-methyl/N-ethyl adjacent to an activating group) is 1. The SMILES string of the molecule is C=C1CO[C@]2(C)[C@@H](CC)OC(=O)[C@H](C)[C@@H](OC3C[C@@](C)(OC)[C@@H](O)[C@H](C)O3)[C@H](C)[C@@H](O[C@@H]3O[C@H](C)C[C@H](N(C)C)[C@H]3O)[C@](C)(OCC#Cc3ccc(-c4ncccn4)s3)C[C@@H](C)C(=O)C(C)[C@H]12. The number of thiophene rings is 1. The molecule has 0 saturated carbocycles. The minimum atomic E-state index is -1.34. The lowest BCUT2D eigenvalue weighted by Crippen LogP contribution is -2.61. The lowest BCUT2D eigenvalue weighted by molar-refractivity contribution is -0.320. The molecule has 0 aliphatic carbocycles. The number of ketones is 1. The Morgan fingerprint density at radius 2 is 1.67 bits per heavy atom. The Hall–Kier alpha value is -3.18. The first-order valence-electron chi connectivity index (χ1n) is 23.8.